The number of hydrogen-bond acceptors (Lipinski definition) is 2. The lowest BCUT2D eigenvalue weighted by atomic mass is 10.2. The molecule has 0 amide bonds. The summed E-state index contributed by atoms with van der Waals surface area (Å²) in [4.78, 5) is 10.5. The lowest BCUT2D eigenvalue weighted by Crippen LogP contribution is -2.11. The highest BCUT2D eigenvalue weighted by atomic mass is 19.1. The number of carbonyl (C=O) groups is 1. The number of carbonyl (C=O) groups excluding carboxylic acids is 1. The van der Waals surface area contributed by atoms with Crippen molar-refractivity contribution in [3.05, 3.63) is 29.6 Å². The highest BCUT2D eigenvalue weighted by Gasteiger charge is 2.16. The summed E-state index contributed by atoms with van der Waals surface area (Å²) in [7, 11) is 0. The topological polar surface area (TPSA) is 26.3 Å². The number of aldehydes is 1. The van der Waals surface area contributed by atoms with Gasteiger partial charge in [-0.2, -0.15) is 0 Å². The van der Waals surface area contributed by atoms with E-state index in [2.05, 4.69) is 0 Å². The molecule has 1 aromatic carbocycles. The average Bonchev–Trinajstić information content (AvgIpc) is 2.73. The van der Waals surface area contributed by atoms with Crippen molar-refractivity contribution in [3.8, 4) is 5.75 Å². The molecule has 0 heterocycles. The van der Waals surface area contributed by atoms with Crippen LogP contribution >= 0.6 is 0 Å². The minimum atomic E-state index is -0.497. The minimum absolute atomic E-state index is 0.0606. The van der Waals surface area contributed by atoms with E-state index < -0.39 is 5.82 Å². The maximum absolute atomic E-state index is 13.0. The molecule has 1 fully saturated rings. The van der Waals surface area contributed by atoms with Crippen LogP contribution in [0.15, 0.2) is 18.2 Å². The first kappa shape index (κ1) is 10.1. The number of rotatable bonds is 3. The summed E-state index contributed by atoms with van der Waals surface area (Å²) in [6, 6.07) is 4.30. The highest BCUT2D eigenvalue weighted by molar-refractivity contribution is 5.75. The summed E-state index contributed by atoms with van der Waals surface area (Å²) in [5.41, 5.74) is 0.0606. The van der Waals surface area contributed by atoms with Crippen LogP contribution in [0, 0.1) is 5.82 Å². The van der Waals surface area contributed by atoms with Crippen molar-refractivity contribution >= 4 is 6.29 Å². The van der Waals surface area contributed by atoms with E-state index in [0.29, 0.717) is 12.0 Å². The van der Waals surface area contributed by atoms with E-state index in [0.717, 1.165) is 12.8 Å². The van der Waals surface area contributed by atoms with E-state index in [4.69, 9.17) is 4.74 Å². The summed E-state index contributed by atoms with van der Waals surface area (Å²) in [5.74, 6) is 0.0918. The first-order chi connectivity index (χ1) is 7.29. The zero-order valence-corrected chi connectivity index (χ0v) is 8.41. The fourth-order valence-electron chi connectivity index (χ4n) is 1.88. The molecule has 0 radical (unpaired) electrons. The Labute approximate surface area is 88.1 Å². The van der Waals surface area contributed by atoms with E-state index in [-0.39, 0.29) is 11.7 Å². The molecule has 15 heavy (non-hydrogen) atoms. The molecule has 1 aliphatic rings. The lowest BCUT2D eigenvalue weighted by Gasteiger charge is -2.13. The van der Waals surface area contributed by atoms with Crippen LogP contribution in [0.3, 0.4) is 0 Å². The molecule has 1 saturated carbocycles. The maximum Gasteiger partial charge on any atom is 0.153 e. The van der Waals surface area contributed by atoms with Gasteiger partial charge in [-0.15, -0.1) is 0 Å². The fraction of sp³-hybridized carbons (Fsp3) is 0.417. The van der Waals surface area contributed by atoms with Crippen LogP contribution in [0.1, 0.15) is 36.0 Å². The molecule has 2 rings (SSSR count). The summed E-state index contributed by atoms with van der Waals surface area (Å²) in [6.07, 6.45) is 5.21. The number of benzene rings is 1. The van der Waals surface area contributed by atoms with Crippen LogP contribution in [0.2, 0.25) is 0 Å². The second-order valence-electron chi connectivity index (χ2n) is 3.83. The van der Waals surface area contributed by atoms with Gasteiger partial charge in [0, 0.05) is 0 Å². The Morgan fingerprint density at radius 2 is 2.07 bits per heavy atom. The molecule has 0 aliphatic heterocycles. The van der Waals surface area contributed by atoms with Gasteiger partial charge in [-0.3, -0.25) is 4.79 Å². The lowest BCUT2D eigenvalue weighted by molar-refractivity contribution is 0.111. The fourth-order valence-corrected chi connectivity index (χ4v) is 1.88. The first-order valence-electron chi connectivity index (χ1n) is 5.21. The molecule has 2 nitrogen and oxygen atoms in total. The highest BCUT2D eigenvalue weighted by Crippen LogP contribution is 2.24. The first-order valence-corrected chi connectivity index (χ1v) is 5.21. The Hall–Kier alpha value is -1.38. The molecule has 0 aromatic heterocycles. The van der Waals surface area contributed by atoms with Gasteiger partial charge in [0.2, 0.25) is 0 Å². The van der Waals surface area contributed by atoms with E-state index in [1.54, 1.807) is 6.07 Å². The Bertz CT molecular complexity index is 357. The van der Waals surface area contributed by atoms with E-state index in [1.165, 1.54) is 25.0 Å². The Balaban J connectivity index is 2.10. The SMILES string of the molecule is O=Cc1cc(OC2CCCC2)ccc1F. The van der Waals surface area contributed by atoms with Gasteiger partial charge in [-0.1, -0.05) is 0 Å². The van der Waals surface area contributed by atoms with Crippen molar-refractivity contribution in [1.29, 1.82) is 0 Å². The summed E-state index contributed by atoms with van der Waals surface area (Å²) < 4.78 is 18.6. The number of halogens is 1. The van der Waals surface area contributed by atoms with E-state index in [9.17, 15) is 9.18 Å². The number of hydrogen-bond donors (Lipinski definition) is 0. The van der Waals surface area contributed by atoms with Crippen molar-refractivity contribution in [1.82, 2.24) is 0 Å². The predicted molar refractivity (Wildman–Crippen MR) is 54.7 cm³/mol. The molecule has 0 unspecified atom stereocenters. The molecule has 0 spiro atoms. The second kappa shape index (κ2) is 4.43. The van der Waals surface area contributed by atoms with Crippen LogP contribution in [-0.2, 0) is 0 Å². The predicted octanol–water partition coefficient (Wildman–Crippen LogP) is 2.96. The average molecular weight is 208 g/mol. The third kappa shape index (κ3) is 2.35. The zero-order chi connectivity index (χ0) is 10.7. The Kier molecular flexibility index (Phi) is 2.99. The standard InChI is InChI=1S/C12H13FO2/c13-12-6-5-11(7-9(12)8-14)15-10-3-1-2-4-10/h5-8,10H,1-4H2. The third-order valence-electron chi connectivity index (χ3n) is 2.70. The van der Waals surface area contributed by atoms with Crippen LogP contribution < -0.4 is 4.74 Å². The van der Waals surface area contributed by atoms with Gasteiger partial charge in [0.25, 0.3) is 0 Å². The molecule has 1 aliphatic carbocycles. The van der Waals surface area contributed by atoms with Crippen LogP contribution in [0.4, 0.5) is 4.39 Å². The van der Waals surface area contributed by atoms with Gasteiger partial charge >= 0.3 is 0 Å². The van der Waals surface area contributed by atoms with Gasteiger partial charge in [-0.05, 0) is 43.9 Å². The zero-order valence-electron chi connectivity index (χ0n) is 8.41. The summed E-state index contributed by atoms with van der Waals surface area (Å²) in [5, 5.41) is 0. The van der Waals surface area contributed by atoms with Crippen molar-refractivity contribution in [2.45, 2.75) is 31.8 Å². The van der Waals surface area contributed by atoms with Gasteiger partial charge < -0.3 is 4.74 Å². The quantitative estimate of drug-likeness (QED) is 0.714. The molecule has 1 aromatic rings. The summed E-state index contributed by atoms with van der Waals surface area (Å²) in [6.45, 7) is 0. The third-order valence-corrected chi connectivity index (χ3v) is 2.70. The van der Waals surface area contributed by atoms with Crippen molar-refractivity contribution in [2.24, 2.45) is 0 Å². The number of ether oxygens (including phenoxy) is 1. The molecule has 0 bridgehead atoms. The molecule has 3 heteroatoms. The van der Waals surface area contributed by atoms with Crippen molar-refractivity contribution in [2.75, 3.05) is 0 Å². The van der Waals surface area contributed by atoms with Crippen molar-refractivity contribution in [3.63, 3.8) is 0 Å². The molecule has 0 atom stereocenters. The second-order valence-corrected chi connectivity index (χ2v) is 3.83. The monoisotopic (exact) mass is 208 g/mol. The molecular formula is C12H13FO2. The van der Waals surface area contributed by atoms with Gasteiger partial charge in [0.05, 0.1) is 11.7 Å². The molecule has 0 saturated heterocycles. The normalized spacial score (nSPS) is 16.6. The minimum Gasteiger partial charge on any atom is -0.490 e. The van der Waals surface area contributed by atoms with Gasteiger partial charge in [0.15, 0.2) is 6.29 Å². The van der Waals surface area contributed by atoms with Crippen LogP contribution in [0.5, 0.6) is 5.75 Å². The molecule has 80 valence electrons. The molecule has 0 N–H and O–H groups in total. The van der Waals surface area contributed by atoms with Gasteiger partial charge in [0.1, 0.15) is 11.6 Å². The van der Waals surface area contributed by atoms with Gasteiger partial charge in [-0.25, -0.2) is 4.39 Å². The Morgan fingerprint density at radius 3 is 2.73 bits per heavy atom. The van der Waals surface area contributed by atoms with E-state index in [1.807, 2.05) is 0 Å². The van der Waals surface area contributed by atoms with Crippen molar-refractivity contribution < 1.29 is 13.9 Å². The largest absolute Gasteiger partial charge is 0.490 e. The Morgan fingerprint density at radius 1 is 1.33 bits per heavy atom. The van der Waals surface area contributed by atoms with E-state index >= 15 is 0 Å². The van der Waals surface area contributed by atoms with Crippen LogP contribution in [-0.4, -0.2) is 12.4 Å². The van der Waals surface area contributed by atoms with Crippen LogP contribution in [0.25, 0.3) is 0 Å². The summed E-state index contributed by atoms with van der Waals surface area (Å²) >= 11 is 0. The molecular weight excluding hydrogens is 195 g/mol. The smallest absolute Gasteiger partial charge is 0.153 e. The maximum atomic E-state index is 13.0.